The minimum Gasteiger partial charge on any atom is -0.493 e. The molecule has 1 aromatic carbocycles. The molecule has 0 aliphatic rings. The van der Waals surface area contributed by atoms with E-state index in [0.717, 1.165) is 30.9 Å². The Labute approximate surface area is 110 Å². The Bertz CT molecular complexity index is 339. The van der Waals surface area contributed by atoms with Crippen LogP contribution in [0.5, 0.6) is 11.5 Å². The Morgan fingerprint density at radius 2 is 1.72 bits per heavy atom. The van der Waals surface area contributed by atoms with Crippen molar-refractivity contribution >= 4 is 0 Å². The van der Waals surface area contributed by atoms with E-state index in [0.29, 0.717) is 12.5 Å². The summed E-state index contributed by atoms with van der Waals surface area (Å²) in [5, 5.41) is 0. The fourth-order valence-electron chi connectivity index (χ4n) is 1.52. The van der Waals surface area contributed by atoms with E-state index in [4.69, 9.17) is 15.2 Å². The van der Waals surface area contributed by atoms with Crippen LogP contribution in [0, 0.1) is 5.92 Å². The average molecular weight is 251 g/mol. The fourth-order valence-corrected chi connectivity index (χ4v) is 1.52. The second kappa shape index (κ2) is 7.98. The molecule has 0 amide bonds. The van der Waals surface area contributed by atoms with Crippen LogP contribution in [-0.4, -0.2) is 19.3 Å². The molecule has 0 saturated carbocycles. The molecule has 0 heterocycles. The van der Waals surface area contributed by atoms with Crippen LogP contribution in [0.1, 0.15) is 33.6 Å². The number of benzene rings is 1. The summed E-state index contributed by atoms with van der Waals surface area (Å²) in [5.41, 5.74) is 5.97. The Balaban J connectivity index is 2.37. The van der Waals surface area contributed by atoms with Crippen LogP contribution in [-0.2, 0) is 0 Å². The summed E-state index contributed by atoms with van der Waals surface area (Å²) in [5.74, 6) is 2.20. The minimum absolute atomic E-state index is 0.199. The van der Waals surface area contributed by atoms with Gasteiger partial charge in [-0.15, -0.1) is 0 Å². The van der Waals surface area contributed by atoms with E-state index >= 15 is 0 Å². The van der Waals surface area contributed by atoms with Gasteiger partial charge in [-0.1, -0.05) is 26.8 Å². The lowest BCUT2D eigenvalue weighted by molar-refractivity contribution is 0.277. The van der Waals surface area contributed by atoms with Gasteiger partial charge in [-0.2, -0.15) is 0 Å². The SMILES string of the molecule is CCCOc1cccc(OCCC(N)C(C)C)c1. The van der Waals surface area contributed by atoms with Crippen molar-refractivity contribution in [1.82, 2.24) is 0 Å². The zero-order chi connectivity index (χ0) is 13.4. The first-order valence-corrected chi connectivity index (χ1v) is 6.74. The molecule has 0 fully saturated rings. The molecule has 1 rings (SSSR count). The molecule has 3 heteroatoms. The summed E-state index contributed by atoms with van der Waals surface area (Å²) in [7, 11) is 0. The van der Waals surface area contributed by atoms with Crippen molar-refractivity contribution in [3.63, 3.8) is 0 Å². The standard InChI is InChI=1S/C15H25NO2/c1-4-9-17-13-6-5-7-14(11-13)18-10-8-15(16)12(2)3/h5-7,11-12,15H,4,8-10,16H2,1-3H3. The van der Waals surface area contributed by atoms with Gasteiger partial charge in [-0.3, -0.25) is 0 Å². The van der Waals surface area contributed by atoms with E-state index in [-0.39, 0.29) is 6.04 Å². The molecule has 2 N–H and O–H groups in total. The van der Waals surface area contributed by atoms with Gasteiger partial charge in [0, 0.05) is 12.1 Å². The zero-order valence-corrected chi connectivity index (χ0v) is 11.7. The van der Waals surface area contributed by atoms with E-state index in [9.17, 15) is 0 Å². The predicted octanol–water partition coefficient (Wildman–Crippen LogP) is 3.23. The maximum Gasteiger partial charge on any atom is 0.122 e. The van der Waals surface area contributed by atoms with E-state index in [1.165, 1.54) is 0 Å². The normalized spacial score (nSPS) is 12.5. The van der Waals surface area contributed by atoms with Gasteiger partial charge in [0.05, 0.1) is 13.2 Å². The quantitative estimate of drug-likeness (QED) is 0.771. The zero-order valence-electron chi connectivity index (χ0n) is 11.7. The largest absolute Gasteiger partial charge is 0.493 e. The van der Waals surface area contributed by atoms with Crippen LogP contribution in [0.4, 0.5) is 0 Å². The molecule has 0 radical (unpaired) electrons. The molecule has 0 spiro atoms. The molecule has 0 bridgehead atoms. The number of hydrogen-bond donors (Lipinski definition) is 1. The van der Waals surface area contributed by atoms with Crippen molar-refractivity contribution in [2.75, 3.05) is 13.2 Å². The van der Waals surface area contributed by atoms with Crippen LogP contribution in [0.15, 0.2) is 24.3 Å². The number of ether oxygens (including phenoxy) is 2. The molecule has 1 atom stereocenters. The van der Waals surface area contributed by atoms with Crippen LogP contribution in [0.3, 0.4) is 0 Å². The molecule has 3 nitrogen and oxygen atoms in total. The monoisotopic (exact) mass is 251 g/mol. The third-order valence-corrected chi connectivity index (χ3v) is 2.85. The lowest BCUT2D eigenvalue weighted by atomic mass is 10.0. The molecule has 0 aliphatic carbocycles. The van der Waals surface area contributed by atoms with Gasteiger partial charge in [-0.25, -0.2) is 0 Å². The Morgan fingerprint density at radius 1 is 1.11 bits per heavy atom. The summed E-state index contributed by atoms with van der Waals surface area (Å²) < 4.78 is 11.2. The van der Waals surface area contributed by atoms with Crippen LogP contribution < -0.4 is 15.2 Å². The highest BCUT2D eigenvalue weighted by Crippen LogP contribution is 2.20. The first-order chi connectivity index (χ1) is 8.63. The van der Waals surface area contributed by atoms with E-state index in [2.05, 4.69) is 20.8 Å². The summed E-state index contributed by atoms with van der Waals surface area (Å²) in [6.45, 7) is 7.74. The molecule has 102 valence electrons. The fraction of sp³-hybridized carbons (Fsp3) is 0.600. The van der Waals surface area contributed by atoms with Gasteiger partial charge in [0.25, 0.3) is 0 Å². The molecule has 1 aromatic rings. The molecule has 0 saturated heterocycles. The second-order valence-electron chi connectivity index (χ2n) is 4.87. The number of nitrogens with two attached hydrogens (primary N) is 1. The number of rotatable bonds is 8. The third kappa shape index (κ3) is 5.41. The first kappa shape index (κ1) is 14.8. The molecule has 18 heavy (non-hydrogen) atoms. The van der Waals surface area contributed by atoms with Crippen molar-refractivity contribution in [3.8, 4) is 11.5 Å². The van der Waals surface area contributed by atoms with Crippen LogP contribution in [0.25, 0.3) is 0 Å². The van der Waals surface area contributed by atoms with E-state index in [1.807, 2.05) is 24.3 Å². The summed E-state index contributed by atoms with van der Waals surface area (Å²) in [6, 6.07) is 7.96. The predicted molar refractivity (Wildman–Crippen MR) is 75.2 cm³/mol. The molecule has 1 unspecified atom stereocenters. The Kier molecular flexibility index (Phi) is 6.58. The lowest BCUT2D eigenvalue weighted by Crippen LogP contribution is -2.28. The maximum atomic E-state index is 5.97. The molecule has 0 aliphatic heterocycles. The van der Waals surface area contributed by atoms with Gasteiger partial charge in [0.15, 0.2) is 0 Å². The Morgan fingerprint density at radius 3 is 2.28 bits per heavy atom. The van der Waals surface area contributed by atoms with Gasteiger partial charge in [0.2, 0.25) is 0 Å². The highest BCUT2D eigenvalue weighted by atomic mass is 16.5. The van der Waals surface area contributed by atoms with Crippen LogP contribution >= 0.6 is 0 Å². The van der Waals surface area contributed by atoms with Crippen molar-refractivity contribution in [3.05, 3.63) is 24.3 Å². The summed E-state index contributed by atoms with van der Waals surface area (Å²) in [4.78, 5) is 0. The Hall–Kier alpha value is -1.22. The van der Waals surface area contributed by atoms with Crippen molar-refractivity contribution in [2.24, 2.45) is 11.7 Å². The maximum absolute atomic E-state index is 5.97. The van der Waals surface area contributed by atoms with Gasteiger partial charge in [-0.05, 0) is 30.9 Å². The van der Waals surface area contributed by atoms with Crippen molar-refractivity contribution < 1.29 is 9.47 Å². The average Bonchev–Trinajstić information content (AvgIpc) is 2.36. The topological polar surface area (TPSA) is 44.5 Å². The lowest BCUT2D eigenvalue weighted by Gasteiger charge is -2.16. The van der Waals surface area contributed by atoms with Gasteiger partial charge >= 0.3 is 0 Å². The third-order valence-electron chi connectivity index (χ3n) is 2.85. The van der Waals surface area contributed by atoms with Gasteiger partial charge in [0.1, 0.15) is 11.5 Å². The molecule has 0 aromatic heterocycles. The van der Waals surface area contributed by atoms with E-state index in [1.54, 1.807) is 0 Å². The number of hydrogen-bond acceptors (Lipinski definition) is 3. The first-order valence-electron chi connectivity index (χ1n) is 6.74. The molecular formula is C15H25NO2. The highest BCUT2D eigenvalue weighted by molar-refractivity contribution is 5.32. The van der Waals surface area contributed by atoms with E-state index < -0.39 is 0 Å². The van der Waals surface area contributed by atoms with Crippen LogP contribution in [0.2, 0.25) is 0 Å². The second-order valence-corrected chi connectivity index (χ2v) is 4.87. The smallest absolute Gasteiger partial charge is 0.122 e. The summed E-state index contributed by atoms with van der Waals surface area (Å²) >= 11 is 0. The molecular weight excluding hydrogens is 226 g/mol. The summed E-state index contributed by atoms with van der Waals surface area (Å²) in [6.07, 6.45) is 1.88. The van der Waals surface area contributed by atoms with Crippen molar-refractivity contribution in [1.29, 1.82) is 0 Å². The minimum atomic E-state index is 0.199. The van der Waals surface area contributed by atoms with Gasteiger partial charge < -0.3 is 15.2 Å². The van der Waals surface area contributed by atoms with Crippen molar-refractivity contribution in [2.45, 2.75) is 39.7 Å². The highest BCUT2D eigenvalue weighted by Gasteiger charge is 2.07.